The Morgan fingerprint density at radius 1 is 1.14 bits per heavy atom. The Balaban J connectivity index is 2.08. The third-order valence-electron chi connectivity index (χ3n) is 4.15. The first-order valence-electron chi connectivity index (χ1n) is 8.80. The molecule has 0 saturated heterocycles. The molecule has 0 bridgehead atoms. The molecule has 2 aromatic heterocycles. The van der Waals surface area contributed by atoms with E-state index in [4.69, 9.17) is 9.92 Å². The van der Waals surface area contributed by atoms with Crippen LogP contribution in [-0.4, -0.2) is 23.0 Å². The van der Waals surface area contributed by atoms with Gasteiger partial charge in [-0.05, 0) is 23.6 Å². The summed E-state index contributed by atoms with van der Waals surface area (Å²) in [7, 11) is -4.46. The predicted octanol–water partition coefficient (Wildman–Crippen LogP) is 2.95. The van der Waals surface area contributed by atoms with Gasteiger partial charge in [-0.15, -0.1) is 0 Å². The minimum absolute atomic E-state index is 0.00504. The number of benzene rings is 1. The van der Waals surface area contributed by atoms with Gasteiger partial charge in [0.1, 0.15) is 23.2 Å². The van der Waals surface area contributed by atoms with E-state index in [0.29, 0.717) is 24.1 Å². The Morgan fingerprint density at radius 2 is 1.76 bits per heavy atom. The van der Waals surface area contributed by atoms with E-state index in [9.17, 15) is 17.2 Å². The lowest BCUT2D eigenvalue weighted by molar-refractivity contribution is 0.473. The lowest BCUT2D eigenvalue weighted by Gasteiger charge is -2.15. The van der Waals surface area contributed by atoms with Gasteiger partial charge >= 0.3 is 10.1 Å². The molecule has 0 fully saturated rings. The molecule has 0 atom stereocenters. The van der Waals surface area contributed by atoms with Crippen LogP contribution >= 0.6 is 0 Å². The van der Waals surface area contributed by atoms with Crippen molar-refractivity contribution in [3.8, 4) is 5.75 Å². The summed E-state index contributed by atoms with van der Waals surface area (Å²) >= 11 is 0. The maximum atomic E-state index is 13.4. The molecule has 0 amide bonds. The molecular formula is C19H20F2N4O3S. The molecule has 1 aromatic carbocycles. The van der Waals surface area contributed by atoms with Crippen molar-refractivity contribution in [2.24, 2.45) is 5.73 Å². The summed E-state index contributed by atoms with van der Waals surface area (Å²) in [5.74, 6) is -2.29. The Morgan fingerprint density at radius 3 is 2.31 bits per heavy atom. The fraction of sp³-hybridized carbons (Fsp3) is 0.263. The normalized spacial score (nSPS) is 11.8. The monoisotopic (exact) mass is 422 g/mol. The number of imidazole rings is 1. The minimum Gasteiger partial charge on any atom is -0.378 e. The number of pyridine rings is 1. The molecule has 0 aliphatic rings. The minimum atomic E-state index is -4.46. The summed E-state index contributed by atoms with van der Waals surface area (Å²) < 4.78 is 59.3. The third-order valence-corrected chi connectivity index (χ3v) is 5.34. The van der Waals surface area contributed by atoms with E-state index < -0.39 is 27.5 Å². The van der Waals surface area contributed by atoms with Crippen LogP contribution in [0.25, 0.3) is 0 Å². The first-order valence-corrected chi connectivity index (χ1v) is 10.2. The number of rotatable bonds is 7. The van der Waals surface area contributed by atoms with Crippen LogP contribution in [-0.2, 0) is 23.2 Å². The second-order valence-electron chi connectivity index (χ2n) is 6.66. The van der Waals surface area contributed by atoms with Crippen LogP contribution in [0.5, 0.6) is 5.75 Å². The summed E-state index contributed by atoms with van der Waals surface area (Å²) in [6.45, 7) is 3.94. The fourth-order valence-corrected chi connectivity index (χ4v) is 4.23. The average Bonchev–Trinajstić information content (AvgIpc) is 3.01. The Hall–Kier alpha value is -2.85. The van der Waals surface area contributed by atoms with Crippen LogP contribution in [0, 0.1) is 11.6 Å². The second kappa shape index (κ2) is 8.26. The number of hydrogen-bond donors (Lipinski definition) is 1. The zero-order chi connectivity index (χ0) is 21.2. The fourth-order valence-electron chi connectivity index (χ4n) is 2.98. The topological polar surface area (TPSA) is 100 Å². The Bertz CT molecular complexity index is 1100. The molecule has 0 aliphatic heterocycles. The van der Waals surface area contributed by atoms with Crippen molar-refractivity contribution in [1.82, 2.24) is 14.5 Å². The molecule has 0 unspecified atom stereocenters. The lowest BCUT2D eigenvalue weighted by Crippen LogP contribution is -2.16. The van der Waals surface area contributed by atoms with E-state index in [-0.39, 0.29) is 17.5 Å². The van der Waals surface area contributed by atoms with Gasteiger partial charge in [0.2, 0.25) is 5.03 Å². The summed E-state index contributed by atoms with van der Waals surface area (Å²) in [6, 6.07) is 5.78. The van der Waals surface area contributed by atoms with Crippen LogP contribution in [0.15, 0.2) is 47.8 Å². The first kappa shape index (κ1) is 20.9. The maximum absolute atomic E-state index is 13.4. The third kappa shape index (κ3) is 4.60. The summed E-state index contributed by atoms with van der Waals surface area (Å²) in [4.78, 5) is 8.15. The van der Waals surface area contributed by atoms with Gasteiger partial charge < -0.3 is 14.5 Å². The number of nitrogens with zero attached hydrogens (tertiary/aromatic N) is 3. The highest BCUT2D eigenvalue weighted by Crippen LogP contribution is 2.29. The van der Waals surface area contributed by atoms with Crippen LogP contribution < -0.4 is 9.92 Å². The van der Waals surface area contributed by atoms with Gasteiger partial charge in [0.15, 0.2) is 0 Å². The van der Waals surface area contributed by atoms with Crippen molar-refractivity contribution in [2.45, 2.75) is 37.9 Å². The van der Waals surface area contributed by atoms with Crippen LogP contribution in [0.4, 0.5) is 8.78 Å². The molecule has 29 heavy (non-hydrogen) atoms. The average molecular weight is 422 g/mol. The van der Waals surface area contributed by atoms with Gasteiger partial charge in [-0.25, -0.2) is 13.8 Å². The van der Waals surface area contributed by atoms with Gasteiger partial charge in [-0.2, -0.15) is 8.42 Å². The van der Waals surface area contributed by atoms with E-state index in [0.717, 1.165) is 17.7 Å². The quantitative estimate of drug-likeness (QED) is 0.588. The van der Waals surface area contributed by atoms with Crippen molar-refractivity contribution >= 4 is 10.1 Å². The lowest BCUT2D eigenvalue weighted by atomic mass is 10.1. The highest BCUT2D eigenvalue weighted by atomic mass is 32.2. The number of nitrogens with two attached hydrogens (primary N) is 1. The Labute approximate surface area is 167 Å². The molecule has 2 heterocycles. The van der Waals surface area contributed by atoms with Crippen molar-refractivity contribution in [3.05, 3.63) is 71.4 Å². The molecule has 2 N–H and O–H groups in total. The highest BCUT2D eigenvalue weighted by molar-refractivity contribution is 7.87. The standard InChI is InChI=1S/C19H20F2N4O3S/c1-12(2)18-19(29(26,27)28-16-8-14(20)7-15(21)9-16)24-17(10-22)25(18)11-13-3-5-23-6-4-13/h3-9,12H,10-11,22H2,1-2H3. The Kier molecular flexibility index (Phi) is 5.94. The van der Waals surface area contributed by atoms with Crippen LogP contribution in [0.3, 0.4) is 0 Å². The number of aromatic nitrogens is 3. The smallest absolute Gasteiger partial charge is 0.358 e. The highest BCUT2D eigenvalue weighted by Gasteiger charge is 2.30. The summed E-state index contributed by atoms with van der Waals surface area (Å²) in [5, 5.41) is -0.327. The SMILES string of the molecule is CC(C)c1c(S(=O)(=O)Oc2cc(F)cc(F)c2)nc(CN)n1Cc1ccncc1. The van der Waals surface area contributed by atoms with Gasteiger partial charge in [-0.1, -0.05) is 13.8 Å². The summed E-state index contributed by atoms with van der Waals surface area (Å²) in [5.41, 5.74) is 7.06. The molecule has 0 radical (unpaired) electrons. The van der Waals surface area contributed by atoms with Gasteiger partial charge in [0.05, 0.1) is 12.2 Å². The largest absolute Gasteiger partial charge is 0.378 e. The van der Waals surface area contributed by atoms with Gasteiger partial charge in [0, 0.05) is 37.1 Å². The zero-order valence-corrected chi connectivity index (χ0v) is 16.7. The molecule has 0 spiro atoms. The van der Waals surface area contributed by atoms with Gasteiger partial charge in [0.25, 0.3) is 0 Å². The van der Waals surface area contributed by atoms with Gasteiger partial charge in [-0.3, -0.25) is 4.98 Å². The van der Waals surface area contributed by atoms with E-state index in [1.165, 1.54) is 0 Å². The molecule has 7 nitrogen and oxygen atoms in total. The maximum Gasteiger partial charge on any atom is 0.358 e. The first-order chi connectivity index (χ1) is 13.7. The van der Waals surface area contributed by atoms with Crippen LogP contribution in [0.1, 0.15) is 36.8 Å². The molecule has 3 rings (SSSR count). The predicted molar refractivity (Wildman–Crippen MR) is 102 cm³/mol. The molecule has 10 heteroatoms. The summed E-state index contributed by atoms with van der Waals surface area (Å²) in [6.07, 6.45) is 3.26. The van der Waals surface area contributed by atoms with Crippen LogP contribution in [0.2, 0.25) is 0 Å². The van der Waals surface area contributed by atoms with Crippen molar-refractivity contribution in [3.63, 3.8) is 0 Å². The van der Waals surface area contributed by atoms with Crippen molar-refractivity contribution < 1.29 is 21.4 Å². The molecular weight excluding hydrogens is 402 g/mol. The molecule has 0 aliphatic carbocycles. The van der Waals surface area contributed by atoms with Crippen molar-refractivity contribution in [2.75, 3.05) is 0 Å². The molecule has 3 aromatic rings. The van der Waals surface area contributed by atoms with E-state index >= 15 is 0 Å². The van der Waals surface area contributed by atoms with E-state index in [1.807, 2.05) is 0 Å². The zero-order valence-electron chi connectivity index (χ0n) is 15.8. The molecule has 154 valence electrons. The molecule has 0 saturated carbocycles. The van der Waals surface area contributed by atoms with Crippen molar-refractivity contribution in [1.29, 1.82) is 0 Å². The van der Waals surface area contributed by atoms with E-state index in [2.05, 4.69) is 9.97 Å². The second-order valence-corrected chi connectivity index (χ2v) is 8.12. The number of hydrogen-bond acceptors (Lipinski definition) is 6. The number of halogens is 2. The van der Waals surface area contributed by atoms with E-state index in [1.54, 1.807) is 42.9 Å².